The molecule has 1 amide bonds. The number of carbonyl (C=O) groups excluding carboxylic acids is 1. The molecular formula is C19H25N3O3. The van der Waals surface area contributed by atoms with Gasteiger partial charge in [0.05, 0.1) is 11.0 Å². The van der Waals surface area contributed by atoms with E-state index in [2.05, 4.69) is 13.8 Å². The van der Waals surface area contributed by atoms with E-state index >= 15 is 0 Å². The largest absolute Gasteiger partial charge is 0.486 e. The average molecular weight is 343 g/mol. The van der Waals surface area contributed by atoms with Gasteiger partial charge in [0, 0.05) is 31.6 Å². The number of likely N-dealkylation sites (tertiary alicyclic amines) is 1. The monoisotopic (exact) mass is 343 g/mol. The van der Waals surface area contributed by atoms with Crippen LogP contribution >= 0.6 is 0 Å². The highest BCUT2D eigenvalue weighted by Gasteiger charge is 2.23. The van der Waals surface area contributed by atoms with Crippen LogP contribution in [0.25, 0.3) is 11.0 Å². The summed E-state index contributed by atoms with van der Waals surface area (Å²) in [6.45, 7) is 7.50. The smallest absolute Gasteiger partial charge is 0.242 e. The quantitative estimate of drug-likeness (QED) is 0.860. The SMILES string of the molecule is CCc1nc2cc3c(cc2n1CC(=O)N1CCC(C)CC1)OCCO3. The van der Waals surface area contributed by atoms with Gasteiger partial charge in [0.25, 0.3) is 0 Å². The zero-order valence-corrected chi connectivity index (χ0v) is 15.0. The fourth-order valence-electron chi connectivity index (χ4n) is 3.65. The van der Waals surface area contributed by atoms with Crippen LogP contribution in [-0.4, -0.2) is 46.7 Å². The van der Waals surface area contributed by atoms with Crippen molar-refractivity contribution in [1.29, 1.82) is 0 Å². The first-order valence-electron chi connectivity index (χ1n) is 9.22. The predicted molar refractivity (Wildman–Crippen MR) is 95.1 cm³/mol. The number of amides is 1. The molecule has 1 aromatic carbocycles. The van der Waals surface area contributed by atoms with E-state index in [9.17, 15) is 4.79 Å². The molecule has 0 bridgehead atoms. The molecule has 6 nitrogen and oxygen atoms in total. The highest BCUT2D eigenvalue weighted by atomic mass is 16.6. The van der Waals surface area contributed by atoms with Crippen LogP contribution in [0, 0.1) is 5.92 Å². The minimum atomic E-state index is 0.177. The van der Waals surface area contributed by atoms with Crippen molar-refractivity contribution in [2.45, 2.75) is 39.7 Å². The Hall–Kier alpha value is -2.24. The Labute approximate surface area is 147 Å². The third-order valence-corrected chi connectivity index (χ3v) is 5.24. The lowest BCUT2D eigenvalue weighted by atomic mass is 9.99. The van der Waals surface area contributed by atoms with Gasteiger partial charge in [-0.1, -0.05) is 13.8 Å². The number of benzene rings is 1. The summed E-state index contributed by atoms with van der Waals surface area (Å²) in [5.41, 5.74) is 1.81. The number of imidazole rings is 1. The van der Waals surface area contributed by atoms with Crippen LogP contribution in [0.1, 0.15) is 32.5 Å². The number of hydrogen-bond acceptors (Lipinski definition) is 4. The summed E-state index contributed by atoms with van der Waals surface area (Å²) < 4.78 is 13.4. The number of ether oxygens (including phenoxy) is 2. The predicted octanol–water partition coefficient (Wildman–Crippen LogP) is 2.63. The molecule has 4 rings (SSSR count). The number of carbonyl (C=O) groups is 1. The van der Waals surface area contributed by atoms with Crippen molar-refractivity contribution < 1.29 is 14.3 Å². The number of rotatable bonds is 3. The van der Waals surface area contributed by atoms with Crippen LogP contribution in [0.3, 0.4) is 0 Å². The molecule has 0 saturated carbocycles. The normalized spacial score (nSPS) is 17.9. The number of aromatic nitrogens is 2. The second-order valence-corrected chi connectivity index (χ2v) is 7.02. The van der Waals surface area contributed by atoms with Crippen molar-refractivity contribution in [3.05, 3.63) is 18.0 Å². The molecular weight excluding hydrogens is 318 g/mol. The first-order valence-corrected chi connectivity index (χ1v) is 9.22. The highest BCUT2D eigenvalue weighted by Crippen LogP contribution is 2.35. The van der Waals surface area contributed by atoms with E-state index in [1.165, 1.54) is 0 Å². The molecule has 0 N–H and O–H groups in total. The number of fused-ring (bicyclic) bond motifs is 2. The summed E-state index contributed by atoms with van der Waals surface area (Å²) in [6.07, 6.45) is 2.97. The van der Waals surface area contributed by atoms with Gasteiger partial charge >= 0.3 is 0 Å². The third-order valence-electron chi connectivity index (χ3n) is 5.24. The summed E-state index contributed by atoms with van der Waals surface area (Å²) in [4.78, 5) is 19.5. The summed E-state index contributed by atoms with van der Waals surface area (Å²) in [6, 6.07) is 3.88. The van der Waals surface area contributed by atoms with Gasteiger partial charge in [-0.2, -0.15) is 0 Å². The number of piperidine rings is 1. The minimum absolute atomic E-state index is 0.177. The Kier molecular flexibility index (Phi) is 4.27. The van der Waals surface area contributed by atoms with Crippen LogP contribution in [0.15, 0.2) is 12.1 Å². The van der Waals surface area contributed by atoms with Gasteiger partial charge in [-0.05, 0) is 18.8 Å². The van der Waals surface area contributed by atoms with Crippen molar-refractivity contribution in [2.24, 2.45) is 5.92 Å². The van der Waals surface area contributed by atoms with E-state index in [1.54, 1.807) is 0 Å². The van der Waals surface area contributed by atoms with Crippen LogP contribution in [0.2, 0.25) is 0 Å². The van der Waals surface area contributed by atoms with Crippen molar-refractivity contribution >= 4 is 16.9 Å². The van der Waals surface area contributed by atoms with Gasteiger partial charge in [0.15, 0.2) is 11.5 Å². The Morgan fingerprint density at radius 1 is 1.20 bits per heavy atom. The van der Waals surface area contributed by atoms with Gasteiger partial charge in [-0.25, -0.2) is 4.98 Å². The second kappa shape index (κ2) is 6.58. The first-order chi connectivity index (χ1) is 12.2. The molecule has 1 saturated heterocycles. The molecule has 0 radical (unpaired) electrons. The van der Waals surface area contributed by atoms with Crippen LogP contribution in [0.5, 0.6) is 11.5 Å². The van der Waals surface area contributed by atoms with E-state index in [-0.39, 0.29) is 5.91 Å². The molecule has 2 aliphatic heterocycles. The maximum absolute atomic E-state index is 12.8. The summed E-state index contributed by atoms with van der Waals surface area (Å²) in [5, 5.41) is 0. The maximum atomic E-state index is 12.8. The standard InChI is InChI=1S/C19H25N3O3/c1-3-18-20-14-10-16-17(25-9-8-24-16)11-15(14)22(18)12-19(23)21-6-4-13(2)5-7-21/h10-11,13H,3-9,12H2,1-2H3. The van der Waals surface area contributed by atoms with Crippen molar-refractivity contribution in [1.82, 2.24) is 14.5 Å². The molecule has 2 aromatic rings. The molecule has 1 aromatic heterocycles. The third kappa shape index (κ3) is 3.05. The molecule has 3 heterocycles. The number of nitrogens with zero attached hydrogens (tertiary/aromatic N) is 3. The van der Waals surface area contributed by atoms with Crippen LogP contribution < -0.4 is 9.47 Å². The van der Waals surface area contributed by atoms with Crippen LogP contribution in [0.4, 0.5) is 0 Å². The van der Waals surface area contributed by atoms with E-state index < -0.39 is 0 Å². The summed E-state index contributed by atoms with van der Waals surface area (Å²) in [5.74, 6) is 3.30. The molecule has 6 heteroatoms. The summed E-state index contributed by atoms with van der Waals surface area (Å²) >= 11 is 0. The molecule has 0 aliphatic carbocycles. The van der Waals surface area contributed by atoms with E-state index in [1.807, 2.05) is 21.6 Å². The van der Waals surface area contributed by atoms with Gasteiger partial charge in [0.2, 0.25) is 5.91 Å². The zero-order chi connectivity index (χ0) is 17.4. The zero-order valence-electron chi connectivity index (χ0n) is 15.0. The molecule has 25 heavy (non-hydrogen) atoms. The van der Waals surface area contributed by atoms with E-state index in [4.69, 9.17) is 14.5 Å². The Morgan fingerprint density at radius 2 is 1.88 bits per heavy atom. The van der Waals surface area contributed by atoms with Crippen LogP contribution in [-0.2, 0) is 17.8 Å². The Morgan fingerprint density at radius 3 is 2.56 bits per heavy atom. The highest BCUT2D eigenvalue weighted by molar-refractivity contribution is 5.84. The van der Waals surface area contributed by atoms with Crippen molar-refractivity contribution in [3.63, 3.8) is 0 Å². The fourth-order valence-corrected chi connectivity index (χ4v) is 3.65. The lowest BCUT2D eigenvalue weighted by molar-refractivity contribution is -0.133. The van der Waals surface area contributed by atoms with Crippen molar-refractivity contribution in [2.75, 3.05) is 26.3 Å². The lowest BCUT2D eigenvalue weighted by Gasteiger charge is -2.30. The summed E-state index contributed by atoms with van der Waals surface area (Å²) in [7, 11) is 0. The molecule has 0 atom stereocenters. The minimum Gasteiger partial charge on any atom is -0.486 e. The van der Waals surface area contributed by atoms with Gasteiger partial charge in [-0.3, -0.25) is 4.79 Å². The molecule has 1 fully saturated rings. The second-order valence-electron chi connectivity index (χ2n) is 7.02. The Balaban J connectivity index is 1.64. The van der Waals surface area contributed by atoms with E-state index in [0.717, 1.165) is 60.7 Å². The van der Waals surface area contributed by atoms with Gasteiger partial charge < -0.3 is 18.9 Å². The molecule has 134 valence electrons. The van der Waals surface area contributed by atoms with Gasteiger partial charge in [0.1, 0.15) is 25.6 Å². The number of hydrogen-bond donors (Lipinski definition) is 0. The Bertz CT molecular complexity index is 791. The van der Waals surface area contributed by atoms with Gasteiger partial charge in [-0.15, -0.1) is 0 Å². The topological polar surface area (TPSA) is 56.6 Å². The lowest BCUT2D eigenvalue weighted by Crippen LogP contribution is -2.39. The van der Waals surface area contributed by atoms with E-state index in [0.29, 0.717) is 25.7 Å². The molecule has 2 aliphatic rings. The molecule has 0 spiro atoms. The molecule has 0 unspecified atom stereocenters. The first kappa shape index (κ1) is 16.2. The average Bonchev–Trinajstić information content (AvgIpc) is 2.97. The van der Waals surface area contributed by atoms with Crippen molar-refractivity contribution in [3.8, 4) is 11.5 Å². The number of aryl methyl sites for hydroxylation is 1. The maximum Gasteiger partial charge on any atom is 0.242 e. The fraction of sp³-hybridized carbons (Fsp3) is 0.579.